The van der Waals surface area contributed by atoms with Crippen LogP contribution in [0.3, 0.4) is 0 Å². The molecule has 0 radical (unpaired) electrons. The topological polar surface area (TPSA) is 102 Å². The summed E-state index contributed by atoms with van der Waals surface area (Å²) in [6.07, 6.45) is 0. The van der Waals surface area contributed by atoms with E-state index in [0.29, 0.717) is 11.4 Å². The van der Waals surface area contributed by atoms with Crippen LogP contribution in [0.15, 0.2) is 58.1 Å². The van der Waals surface area contributed by atoms with Crippen molar-refractivity contribution in [1.29, 1.82) is 0 Å². The SMILES string of the molecule is CC1=NN(c2ccc(Br)cc2)C(=O)C1C(=O)Oc1ccc([N+](=O)[O-])cc1. The van der Waals surface area contributed by atoms with Gasteiger partial charge in [-0.05, 0) is 43.3 Å². The molecule has 2 aromatic carbocycles. The summed E-state index contributed by atoms with van der Waals surface area (Å²) in [6.45, 7) is 1.57. The summed E-state index contributed by atoms with van der Waals surface area (Å²) in [7, 11) is 0. The smallest absolute Gasteiger partial charge is 0.329 e. The van der Waals surface area contributed by atoms with E-state index in [2.05, 4.69) is 21.0 Å². The minimum atomic E-state index is -1.16. The second kappa shape index (κ2) is 7.04. The summed E-state index contributed by atoms with van der Waals surface area (Å²) < 4.78 is 6.03. The Hall–Kier alpha value is -3.07. The van der Waals surface area contributed by atoms with Gasteiger partial charge < -0.3 is 4.74 Å². The number of rotatable bonds is 4. The molecule has 0 N–H and O–H groups in total. The lowest BCUT2D eigenvalue weighted by molar-refractivity contribution is -0.384. The molecule has 3 rings (SSSR count). The van der Waals surface area contributed by atoms with E-state index in [0.717, 1.165) is 9.48 Å². The Labute approximate surface area is 156 Å². The number of hydrazone groups is 1. The highest BCUT2D eigenvalue weighted by Crippen LogP contribution is 2.27. The molecule has 9 heteroatoms. The summed E-state index contributed by atoms with van der Waals surface area (Å²) in [5.41, 5.74) is 0.717. The molecule has 1 aliphatic rings. The van der Waals surface area contributed by atoms with Gasteiger partial charge in [0.2, 0.25) is 0 Å². The number of hydrogen-bond donors (Lipinski definition) is 0. The zero-order valence-corrected chi connectivity index (χ0v) is 15.0. The minimum Gasteiger partial charge on any atom is -0.426 e. The fourth-order valence-corrected chi connectivity index (χ4v) is 2.68. The lowest BCUT2D eigenvalue weighted by Crippen LogP contribution is -2.35. The number of carbonyl (C=O) groups is 2. The van der Waals surface area contributed by atoms with Crippen LogP contribution in [0.1, 0.15) is 6.92 Å². The van der Waals surface area contributed by atoms with Gasteiger partial charge in [-0.1, -0.05) is 15.9 Å². The molecule has 0 fully saturated rings. The first-order valence-electron chi connectivity index (χ1n) is 7.47. The second-order valence-corrected chi connectivity index (χ2v) is 6.39. The van der Waals surface area contributed by atoms with Gasteiger partial charge in [-0.2, -0.15) is 10.1 Å². The van der Waals surface area contributed by atoms with Crippen LogP contribution in [-0.4, -0.2) is 22.5 Å². The number of nitrogens with zero attached hydrogens (tertiary/aromatic N) is 3. The van der Waals surface area contributed by atoms with Crippen molar-refractivity contribution in [2.75, 3.05) is 5.01 Å². The van der Waals surface area contributed by atoms with Crippen LogP contribution in [0.4, 0.5) is 11.4 Å². The number of benzene rings is 2. The van der Waals surface area contributed by atoms with Crippen LogP contribution in [0.25, 0.3) is 0 Å². The largest absolute Gasteiger partial charge is 0.426 e. The number of non-ortho nitro benzene ring substituents is 1. The van der Waals surface area contributed by atoms with Gasteiger partial charge in [-0.3, -0.25) is 19.7 Å². The van der Waals surface area contributed by atoms with E-state index in [1.807, 2.05) is 0 Å². The molecular formula is C17H12BrN3O5. The Bertz CT molecular complexity index is 909. The van der Waals surface area contributed by atoms with Crippen LogP contribution >= 0.6 is 15.9 Å². The molecule has 1 unspecified atom stereocenters. The zero-order chi connectivity index (χ0) is 18.8. The number of anilines is 1. The molecule has 2 aromatic rings. The summed E-state index contributed by atoms with van der Waals surface area (Å²) in [4.78, 5) is 35.1. The third-order valence-electron chi connectivity index (χ3n) is 3.70. The number of nitro groups is 1. The maximum Gasteiger partial charge on any atom is 0.329 e. The monoisotopic (exact) mass is 417 g/mol. The van der Waals surface area contributed by atoms with Gasteiger partial charge in [0.1, 0.15) is 5.75 Å². The van der Waals surface area contributed by atoms with E-state index in [9.17, 15) is 19.7 Å². The molecule has 1 aliphatic heterocycles. The highest BCUT2D eigenvalue weighted by molar-refractivity contribution is 9.10. The highest BCUT2D eigenvalue weighted by atomic mass is 79.9. The average molecular weight is 418 g/mol. The molecule has 0 spiro atoms. The Morgan fingerprint density at radius 2 is 1.81 bits per heavy atom. The van der Waals surface area contributed by atoms with Crippen LogP contribution in [-0.2, 0) is 9.59 Å². The Kier molecular flexibility index (Phi) is 4.81. The number of esters is 1. The molecule has 0 bridgehead atoms. The first-order chi connectivity index (χ1) is 12.4. The van der Waals surface area contributed by atoms with Gasteiger partial charge in [0.15, 0.2) is 5.92 Å². The number of ether oxygens (including phenoxy) is 1. The van der Waals surface area contributed by atoms with Gasteiger partial charge in [-0.15, -0.1) is 0 Å². The molecule has 0 saturated carbocycles. The predicted octanol–water partition coefficient (Wildman–Crippen LogP) is 3.30. The quantitative estimate of drug-likeness (QED) is 0.249. The number of amides is 1. The van der Waals surface area contributed by atoms with Crippen LogP contribution in [0.2, 0.25) is 0 Å². The van der Waals surface area contributed by atoms with Gasteiger partial charge in [0, 0.05) is 16.6 Å². The van der Waals surface area contributed by atoms with E-state index in [1.165, 1.54) is 24.3 Å². The Morgan fingerprint density at radius 3 is 2.38 bits per heavy atom. The van der Waals surface area contributed by atoms with E-state index in [1.54, 1.807) is 31.2 Å². The third kappa shape index (κ3) is 3.47. The summed E-state index contributed by atoms with van der Waals surface area (Å²) in [5, 5.41) is 16.0. The average Bonchev–Trinajstić information content (AvgIpc) is 2.90. The van der Waals surface area contributed by atoms with Crippen molar-refractivity contribution < 1.29 is 19.2 Å². The molecule has 0 aliphatic carbocycles. The molecule has 1 amide bonds. The standard InChI is InChI=1S/C17H12BrN3O5/c1-10-15(16(22)20(19-10)12-4-2-11(18)3-5-12)17(23)26-14-8-6-13(7-9-14)21(24)25/h2-9,15H,1H3. The van der Waals surface area contributed by atoms with Crippen LogP contribution in [0, 0.1) is 16.0 Å². The Balaban J connectivity index is 1.75. The molecule has 0 aromatic heterocycles. The van der Waals surface area contributed by atoms with E-state index in [4.69, 9.17) is 4.74 Å². The van der Waals surface area contributed by atoms with Crippen molar-refractivity contribution in [2.45, 2.75) is 6.92 Å². The van der Waals surface area contributed by atoms with E-state index in [-0.39, 0.29) is 11.4 Å². The van der Waals surface area contributed by atoms with Crippen molar-refractivity contribution in [1.82, 2.24) is 0 Å². The summed E-state index contributed by atoms with van der Waals surface area (Å²) in [6, 6.07) is 11.9. The molecule has 1 atom stereocenters. The van der Waals surface area contributed by atoms with Crippen molar-refractivity contribution in [3.63, 3.8) is 0 Å². The maximum absolute atomic E-state index is 12.6. The van der Waals surface area contributed by atoms with Gasteiger partial charge in [0.05, 0.1) is 16.3 Å². The van der Waals surface area contributed by atoms with Gasteiger partial charge in [0.25, 0.3) is 11.6 Å². The summed E-state index contributed by atoms with van der Waals surface area (Å²) >= 11 is 3.31. The number of carbonyl (C=O) groups excluding carboxylic acids is 2. The second-order valence-electron chi connectivity index (χ2n) is 5.47. The number of halogens is 1. The van der Waals surface area contributed by atoms with Gasteiger partial charge in [-0.25, -0.2) is 0 Å². The lowest BCUT2D eigenvalue weighted by Gasteiger charge is -2.14. The third-order valence-corrected chi connectivity index (χ3v) is 4.23. The van der Waals surface area contributed by atoms with E-state index >= 15 is 0 Å². The van der Waals surface area contributed by atoms with Crippen LogP contribution < -0.4 is 9.75 Å². The van der Waals surface area contributed by atoms with E-state index < -0.39 is 22.7 Å². The fraction of sp³-hybridized carbons (Fsp3) is 0.118. The molecule has 26 heavy (non-hydrogen) atoms. The Morgan fingerprint density at radius 1 is 1.19 bits per heavy atom. The molecule has 0 saturated heterocycles. The normalized spacial score (nSPS) is 16.4. The molecular weight excluding hydrogens is 406 g/mol. The summed E-state index contributed by atoms with van der Waals surface area (Å²) in [5.74, 6) is -2.35. The lowest BCUT2D eigenvalue weighted by atomic mass is 10.1. The van der Waals surface area contributed by atoms with Crippen LogP contribution in [0.5, 0.6) is 5.75 Å². The zero-order valence-electron chi connectivity index (χ0n) is 13.5. The van der Waals surface area contributed by atoms with Crippen molar-refractivity contribution in [2.24, 2.45) is 11.0 Å². The first kappa shape index (κ1) is 17.7. The van der Waals surface area contributed by atoms with Gasteiger partial charge >= 0.3 is 5.97 Å². The molecule has 8 nitrogen and oxygen atoms in total. The van der Waals surface area contributed by atoms with Crippen molar-refractivity contribution >= 4 is 44.9 Å². The minimum absolute atomic E-state index is 0.114. The molecule has 132 valence electrons. The maximum atomic E-state index is 12.6. The van der Waals surface area contributed by atoms with Crippen molar-refractivity contribution in [3.8, 4) is 5.75 Å². The number of nitro benzene ring substituents is 1. The highest BCUT2D eigenvalue weighted by Gasteiger charge is 2.41. The predicted molar refractivity (Wildman–Crippen MR) is 97.0 cm³/mol. The first-order valence-corrected chi connectivity index (χ1v) is 8.27. The van der Waals surface area contributed by atoms with Crippen molar-refractivity contribution in [3.05, 3.63) is 63.1 Å². The number of hydrogen-bond acceptors (Lipinski definition) is 6. The fourth-order valence-electron chi connectivity index (χ4n) is 2.42. The molecule has 1 heterocycles.